The number of ether oxygens (including phenoxy) is 4. The summed E-state index contributed by atoms with van der Waals surface area (Å²) < 4.78 is 100. The van der Waals surface area contributed by atoms with Crippen LogP contribution in [0.15, 0.2) is 200 Å². The maximum absolute atomic E-state index is 13.6. The summed E-state index contributed by atoms with van der Waals surface area (Å²) in [5.41, 5.74) is 16.6. The Morgan fingerprint density at radius 1 is 0.353 bits per heavy atom. The Bertz CT molecular complexity index is 5000. The molecule has 0 radical (unpaired) electrons. The van der Waals surface area contributed by atoms with Crippen molar-refractivity contribution in [1.82, 2.24) is 46.2 Å². The zero-order chi connectivity index (χ0) is 95.7. The van der Waals surface area contributed by atoms with Crippen LogP contribution in [0.3, 0.4) is 0 Å². The molecule has 0 aromatic heterocycles. The van der Waals surface area contributed by atoms with Crippen LogP contribution < -0.4 is 57.0 Å². The van der Waals surface area contributed by atoms with Crippen molar-refractivity contribution < 1.29 is 98.3 Å². The zero-order valence-electron chi connectivity index (χ0n) is 75.5. The topological polar surface area (TPSA) is 353 Å². The van der Waals surface area contributed by atoms with Gasteiger partial charge in [0, 0.05) is 44.4 Å². The molecular weight excluding hydrogens is 1720 g/mol. The van der Waals surface area contributed by atoms with Gasteiger partial charge in [0.2, 0.25) is 53.2 Å². The second kappa shape index (κ2) is 47.8. The van der Waals surface area contributed by atoms with E-state index in [2.05, 4.69) is 38.7 Å². The lowest BCUT2D eigenvalue weighted by Crippen LogP contribution is -2.53. The molecule has 32 heteroatoms. The maximum atomic E-state index is 13.6. The molecule has 133 heavy (non-hydrogen) atoms. The van der Waals surface area contributed by atoms with E-state index in [4.69, 9.17) is 35.5 Å². The van der Waals surface area contributed by atoms with Crippen molar-refractivity contribution in [3.63, 3.8) is 0 Å². The quantitative estimate of drug-likeness (QED) is 0.0153. The first-order valence-electron chi connectivity index (χ1n) is 44.7. The molecule has 4 heterocycles. The SMILES string of the molecule is COc1ccc([C@@H]2C=CC[C@@H](N)C(=O)N2CC2CC2)cc1.COc1ccc([C@@H]2C=CC[C@@H](NC(=O)[C@H](C)NC(=O)Cc3cc(F)cc(F)c3)C(=O)N2CC2CC2)cc1.COc1ccc([C@@H]2C=CC[C@H](N)C(=O)N2CC2CC2)cc1.COc1ccc([C@@H]2C=CC[C@H](NC(=O)[C@H](C)NC(=O)Cc3cc(F)cc(F)c3)C(=O)N2CC2CC2)cc1.C[C@H](NC(=O)Cc1cc(F)cc(F)c1)C(=O)O. The summed E-state index contributed by atoms with van der Waals surface area (Å²) in [5, 5.41) is 21.4. The molecule has 4 aliphatic carbocycles. The minimum Gasteiger partial charge on any atom is -0.497 e. The number of nitrogens with one attached hydrogen (secondary N) is 5. The van der Waals surface area contributed by atoms with E-state index in [9.17, 15) is 74.3 Å². The third kappa shape index (κ3) is 30.5. The van der Waals surface area contributed by atoms with Gasteiger partial charge in [0.15, 0.2) is 0 Å². The average Bonchev–Trinajstić information content (AvgIpc) is 1.69. The van der Waals surface area contributed by atoms with Crippen LogP contribution in [-0.2, 0) is 67.2 Å². The van der Waals surface area contributed by atoms with Gasteiger partial charge in [-0.05, 0) is 245 Å². The Labute approximate surface area is 770 Å². The number of benzene rings is 7. The predicted octanol–water partition coefficient (Wildman–Crippen LogP) is 12.5. The van der Waals surface area contributed by atoms with Crippen LogP contribution in [0, 0.1) is 58.6 Å². The fourth-order valence-corrected chi connectivity index (χ4v) is 15.7. The van der Waals surface area contributed by atoms with Gasteiger partial charge in [-0.15, -0.1) is 0 Å². The van der Waals surface area contributed by atoms with Gasteiger partial charge >= 0.3 is 5.97 Å². The Kier molecular flexibility index (Phi) is 36.1. The van der Waals surface area contributed by atoms with Crippen LogP contribution in [0.1, 0.15) is 161 Å². The van der Waals surface area contributed by atoms with E-state index >= 15 is 0 Å². The van der Waals surface area contributed by atoms with Gasteiger partial charge in [-0.3, -0.25) is 47.9 Å². The number of amides is 9. The van der Waals surface area contributed by atoms with Crippen molar-refractivity contribution in [3.05, 3.63) is 274 Å². The number of carboxylic acid groups (broad SMARTS) is 1. The molecule has 0 bridgehead atoms. The van der Waals surface area contributed by atoms with Gasteiger partial charge in [-0.25, -0.2) is 26.3 Å². The van der Waals surface area contributed by atoms with Crippen LogP contribution >= 0.6 is 0 Å². The molecule has 0 spiro atoms. The lowest BCUT2D eigenvalue weighted by molar-refractivity contribution is -0.141. The zero-order valence-corrected chi connectivity index (χ0v) is 75.5. The third-order valence-electron chi connectivity index (χ3n) is 23.7. The van der Waals surface area contributed by atoms with Crippen LogP contribution in [0.25, 0.3) is 0 Å². The van der Waals surface area contributed by atoms with Crippen molar-refractivity contribution in [2.45, 2.75) is 184 Å². The fourth-order valence-electron chi connectivity index (χ4n) is 15.7. The maximum Gasteiger partial charge on any atom is 0.325 e. The van der Waals surface area contributed by atoms with Crippen LogP contribution in [0.4, 0.5) is 26.3 Å². The number of carboxylic acids is 1. The van der Waals surface area contributed by atoms with E-state index in [-0.39, 0.29) is 83.7 Å². The first-order valence-corrected chi connectivity index (χ1v) is 44.7. The number of rotatable bonds is 30. The van der Waals surface area contributed by atoms with Gasteiger partial charge in [-0.2, -0.15) is 0 Å². The summed E-state index contributed by atoms with van der Waals surface area (Å²) in [4.78, 5) is 132. The monoisotopic (exact) mass is 1840 g/mol. The fraction of sp³-hybridized carbons (Fsp3) is 0.406. The summed E-state index contributed by atoms with van der Waals surface area (Å²) in [6, 6.07) is 33.6. The second-order valence-electron chi connectivity index (χ2n) is 34.7. The Hall–Kier alpha value is -13.1. The number of carbonyl (C=O) groups excluding carboxylic acids is 9. The Morgan fingerprint density at radius 3 is 0.805 bits per heavy atom. The standard InChI is InChI=1S/2C28H31F2N3O4.2C17H22N2O2.C11H11F2NO3/c2*1-17(31-26(34)14-19-12-21(29)15-22(30)13-19)27(35)32-24-4-3-5-25(20-8-10-23(37-2)11-9-20)33(28(24)36)16-18-6-7-18;2*1-21-14-9-7-13(8-10-14)16-4-2-3-15(18)17(20)19(16)11-12-5-6-12;1-6(11(16)17)14-10(15)4-7-2-8(12)5-9(13)3-7/h2*3,5,8-13,15,17-18,24-25H,4,6-7,14,16H2,1-2H3,(H,31,34)(H,32,35);2*2,4,7-10,12,15-16H,3,5-6,11,18H2,1H3;2-3,5-6H,4H2,1H3,(H,14,15)(H,16,17)/t17-,24+,25-;17-,24-,25-;15-,16+;15-,16-;6-/m00100/s1. The van der Waals surface area contributed by atoms with Crippen molar-refractivity contribution in [1.29, 1.82) is 0 Å². The number of halogens is 6. The summed E-state index contributed by atoms with van der Waals surface area (Å²) >= 11 is 0. The highest BCUT2D eigenvalue weighted by Gasteiger charge is 2.41. The molecule has 10 N–H and O–H groups in total. The summed E-state index contributed by atoms with van der Waals surface area (Å²) in [5.74, 6) is -3.56. The van der Waals surface area contributed by atoms with E-state index in [1.165, 1.54) is 46.5 Å². The van der Waals surface area contributed by atoms with Gasteiger partial charge in [-0.1, -0.05) is 97.1 Å². The molecule has 708 valence electrons. The highest BCUT2D eigenvalue weighted by molar-refractivity contribution is 5.94. The van der Waals surface area contributed by atoms with Crippen molar-refractivity contribution in [2.75, 3.05) is 54.6 Å². The van der Waals surface area contributed by atoms with Crippen LogP contribution in [0.2, 0.25) is 0 Å². The van der Waals surface area contributed by atoms with Crippen molar-refractivity contribution in [2.24, 2.45) is 35.1 Å². The van der Waals surface area contributed by atoms with E-state index in [0.29, 0.717) is 68.5 Å². The molecule has 9 amide bonds. The largest absolute Gasteiger partial charge is 0.497 e. The molecule has 15 rings (SSSR count). The van der Waals surface area contributed by atoms with Crippen LogP contribution in [0.5, 0.6) is 23.0 Å². The molecular formula is C101H117F6N11O15. The molecule has 0 unspecified atom stereocenters. The Balaban J connectivity index is 0.000000166. The number of hydrogen-bond acceptors (Lipinski definition) is 16. The number of carbonyl (C=O) groups is 10. The molecule has 0 saturated heterocycles. The predicted molar refractivity (Wildman–Crippen MR) is 486 cm³/mol. The van der Waals surface area contributed by atoms with Gasteiger partial charge < -0.3 is 81.7 Å². The van der Waals surface area contributed by atoms with Gasteiger partial charge in [0.05, 0.1) is 84.0 Å². The first-order chi connectivity index (χ1) is 63.7. The third-order valence-corrected chi connectivity index (χ3v) is 23.7. The molecule has 26 nitrogen and oxygen atoms in total. The average molecular weight is 1840 g/mol. The molecule has 4 aliphatic heterocycles. The lowest BCUT2D eigenvalue weighted by Gasteiger charge is -2.32. The number of nitrogens with two attached hydrogens (primary N) is 2. The lowest BCUT2D eigenvalue weighted by atomic mass is 10.0. The summed E-state index contributed by atoms with van der Waals surface area (Å²) in [7, 11) is 6.51. The molecule has 4 saturated carbocycles. The van der Waals surface area contributed by atoms with Gasteiger partial charge in [0.25, 0.3) is 0 Å². The van der Waals surface area contributed by atoms with Gasteiger partial charge in [0.1, 0.15) is 88.1 Å². The summed E-state index contributed by atoms with van der Waals surface area (Å²) in [6.07, 6.45) is 26.2. The minimum atomic E-state index is -1.18. The van der Waals surface area contributed by atoms with E-state index < -0.39 is 113 Å². The van der Waals surface area contributed by atoms with E-state index in [1.807, 2.05) is 153 Å². The highest BCUT2D eigenvalue weighted by Crippen LogP contribution is 2.40. The minimum absolute atomic E-state index is 0.0162. The summed E-state index contributed by atoms with van der Waals surface area (Å²) in [6.45, 7) is 7.12. The number of hydrogen-bond donors (Lipinski definition) is 8. The number of nitrogens with zero attached hydrogens (tertiary/aromatic N) is 4. The van der Waals surface area contributed by atoms with E-state index in [1.54, 1.807) is 28.4 Å². The second-order valence-corrected chi connectivity index (χ2v) is 34.7. The first kappa shape index (κ1) is 100. The molecule has 7 aromatic rings. The van der Waals surface area contributed by atoms with Crippen LogP contribution in [-0.4, -0.2) is 181 Å². The molecule has 11 atom stereocenters. The number of aliphatic carboxylic acids is 1. The molecule has 7 aromatic carbocycles. The Morgan fingerprint density at radius 2 is 0.579 bits per heavy atom. The highest BCUT2D eigenvalue weighted by atomic mass is 19.2. The van der Waals surface area contributed by atoms with E-state index in [0.717, 1.165) is 133 Å². The number of methoxy groups -OCH3 is 4. The molecule has 8 aliphatic rings. The normalized spacial score (nSPS) is 20.9. The molecule has 4 fully saturated rings. The van der Waals surface area contributed by atoms with Crippen molar-refractivity contribution >= 4 is 59.1 Å². The van der Waals surface area contributed by atoms with Crippen molar-refractivity contribution in [3.8, 4) is 23.0 Å². The smallest absolute Gasteiger partial charge is 0.325 e.